The van der Waals surface area contributed by atoms with Gasteiger partial charge in [-0.3, -0.25) is 4.79 Å². The van der Waals surface area contributed by atoms with Crippen molar-refractivity contribution in [2.24, 2.45) is 16.7 Å². The molecule has 1 aromatic carbocycles. The lowest BCUT2D eigenvalue weighted by molar-refractivity contribution is -0.128. The number of piperazine rings is 1. The molecule has 2 unspecified atom stereocenters. The second kappa shape index (κ2) is 6.32. The zero-order valence-corrected chi connectivity index (χ0v) is 18.0. The minimum absolute atomic E-state index is 0.0193. The number of carbonyl (C=O) groups is 1. The molecule has 7 heteroatoms. The Balaban J connectivity index is 1.33. The molecule has 0 amide bonds. The van der Waals surface area contributed by atoms with Crippen LogP contribution in [-0.4, -0.2) is 55.4 Å². The number of fused-ring (bicyclic) bond motifs is 3. The Morgan fingerprint density at radius 1 is 1.14 bits per heavy atom. The van der Waals surface area contributed by atoms with Crippen molar-refractivity contribution in [3.63, 3.8) is 0 Å². The molecule has 1 aromatic heterocycles. The first-order chi connectivity index (χ1) is 13.7. The first kappa shape index (κ1) is 19.1. The summed E-state index contributed by atoms with van der Waals surface area (Å²) in [6.07, 6.45) is 4.18. The first-order valence-electron chi connectivity index (χ1n) is 10.6. The number of Topliss-reactive ketones (excluding diaryl/α,β-unsaturated/α-hetero) is 1. The molecule has 2 saturated carbocycles. The summed E-state index contributed by atoms with van der Waals surface area (Å²) >= 11 is 0. The van der Waals surface area contributed by atoms with Gasteiger partial charge in [0, 0.05) is 49.6 Å². The van der Waals surface area contributed by atoms with E-state index >= 15 is 0 Å². The molecule has 1 aliphatic heterocycles. The number of para-hydroxylation sites is 1. The molecule has 3 aliphatic rings. The molecule has 3 fully saturated rings. The maximum absolute atomic E-state index is 13.3. The van der Waals surface area contributed by atoms with Crippen LogP contribution in [0, 0.1) is 16.7 Å². The molecule has 156 valence electrons. The van der Waals surface area contributed by atoms with Gasteiger partial charge in [-0.15, -0.1) is 0 Å². The second-order valence-electron chi connectivity index (χ2n) is 9.53. The van der Waals surface area contributed by atoms with Crippen LogP contribution < -0.4 is 4.90 Å². The van der Waals surface area contributed by atoms with Crippen LogP contribution in [0.5, 0.6) is 0 Å². The highest BCUT2D eigenvalue weighted by atomic mass is 32.2. The fourth-order valence-corrected chi connectivity index (χ4v) is 8.25. The normalized spacial score (nSPS) is 29.8. The zero-order valence-electron chi connectivity index (χ0n) is 17.1. The average molecular weight is 416 g/mol. The van der Waals surface area contributed by atoms with E-state index in [2.05, 4.69) is 35.9 Å². The third kappa shape index (κ3) is 2.70. The van der Waals surface area contributed by atoms with E-state index in [1.54, 1.807) is 4.31 Å². The van der Waals surface area contributed by atoms with Gasteiger partial charge in [0.2, 0.25) is 10.0 Å². The topological polar surface area (TPSA) is 73.5 Å². The van der Waals surface area contributed by atoms with Crippen LogP contribution >= 0.6 is 0 Å². The first-order valence-corrected chi connectivity index (χ1v) is 12.2. The smallest absolute Gasteiger partial charge is 0.215 e. The highest BCUT2D eigenvalue weighted by molar-refractivity contribution is 7.89. The van der Waals surface area contributed by atoms with Crippen LogP contribution in [0.4, 0.5) is 5.69 Å². The number of carbonyl (C=O) groups excluding carboxylic acids is 1. The molecule has 0 radical (unpaired) electrons. The van der Waals surface area contributed by atoms with Crippen LogP contribution in [-0.2, 0) is 14.8 Å². The van der Waals surface area contributed by atoms with E-state index in [-0.39, 0.29) is 17.0 Å². The van der Waals surface area contributed by atoms with Gasteiger partial charge in [-0.25, -0.2) is 8.42 Å². The summed E-state index contributed by atoms with van der Waals surface area (Å²) in [5, 5.41) is 1.16. The third-order valence-corrected chi connectivity index (χ3v) is 10.1. The van der Waals surface area contributed by atoms with Crippen LogP contribution in [0.3, 0.4) is 0 Å². The van der Waals surface area contributed by atoms with Gasteiger partial charge < -0.3 is 9.88 Å². The van der Waals surface area contributed by atoms with Gasteiger partial charge in [-0.05, 0) is 36.3 Å². The SMILES string of the molecule is CC1(C)C2CCC1(CS(=O)(=O)N1CCN(c3cccc4cc[nH]c34)CC1)C(=O)C2. The van der Waals surface area contributed by atoms with Gasteiger partial charge in [0.1, 0.15) is 5.78 Å². The highest BCUT2D eigenvalue weighted by Gasteiger charge is 2.65. The van der Waals surface area contributed by atoms with Crippen molar-refractivity contribution in [2.75, 3.05) is 36.8 Å². The van der Waals surface area contributed by atoms with Crippen molar-refractivity contribution in [2.45, 2.75) is 33.1 Å². The van der Waals surface area contributed by atoms with Crippen molar-refractivity contribution in [1.82, 2.24) is 9.29 Å². The van der Waals surface area contributed by atoms with E-state index in [1.807, 2.05) is 18.3 Å². The van der Waals surface area contributed by atoms with Gasteiger partial charge >= 0.3 is 0 Å². The van der Waals surface area contributed by atoms with Gasteiger partial charge in [-0.2, -0.15) is 4.31 Å². The Hall–Kier alpha value is -1.86. The summed E-state index contributed by atoms with van der Waals surface area (Å²) in [5.41, 5.74) is 1.30. The second-order valence-corrected chi connectivity index (χ2v) is 11.5. The van der Waals surface area contributed by atoms with E-state index in [0.29, 0.717) is 38.5 Å². The summed E-state index contributed by atoms with van der Waals surface area (Å²) in [6.45, 7) is 6.44. The number of H-pyrrole nitrogens is 1. The Kier molecular flexibility index (Phi) is 4.17. The lowest BCUT2D eigenvalue weighted by Gasteiger charge is -2.40. The Morgan fingerprint density at radius 2 is 1.90 bits per heavy atom. The molecule has 5 rings (SSSR count). The summed E-state index contributed by atoms with van der Waals surface area (Å²) in [6, 6.07) is 8.25. The number of rotatable bonds is 4. The molecule has 2 heterocycles. The average Bonchev–Trinajstić information content (AvgIpc) is 3.31. The minimum Gasteiger partial charge on any atom is -0.367 e. The van der Waals surface area contributed by atoms with Crippen molar-refractivity contribution in [3.05, 3.63) is 30.5 Å². The molecule has 6 nitrogen and oxygen atoms in total. The summed E-state index contributed by atoms with van der Waals surface area (Å²) in [7, 11) is -3.47. The van der Waals surface area contributed by atoms with Crippen LogP contribution in [0.15, 0.2) is 30.5 Å². The van der Waals surface area contributed by atoms with Crippen molar-refractivity contribution in [1.29, 1.82) is 0 Å². The maximum atomic E-state index is 13.3. The van der Waals surface area contributed by atoms with Gasteiger partial charge in [0.05, 0.1) is 17.0 Å². The number of hydrogen-bond donors (Lipinski definition) is 1. The van der Waals surface area contributed by atoms with E-state index in [4.69, 9.17) is 0 Å². The molecule has 2 aromatic rings. The molecular formula is C22H29N3O3S. The number of benzene rings is 1. The Morgan fingerprint density at radius 3 is 2.55 bits per heavy atom. The number of anilines is 1. The molecular weight excluding hydrogens is 386 g/mol. The maximum Gasteiger partial charge on any atom is 0.215 e. The highest BCUT2D eigenvalue weighted by Crippen LogP contribution is 2.64. The van der Waals surface area contributed by atoms with Crippen LogP contribution in [0.1, 0.15) is 33.1 Å². The predicted molar refractivity (Wildman–Crippen MR) is 114 cm³/mol. The monoisotopic (exact) mass is 415 g/mol. The molecule has 2 atom stereocenters. The van der Waals surface area contributed by atoms with Crippen molar-refractivity contribution >= 4 is 32.4 Å². The van der Waals surface area contributed by atoms with E-state index < -0.39 is 15.4 Å². The number of sulfonamides is 1. The summed E-state index contributed by atoms with van der Waals surface area (Å²) in [4.78, 5) is 18.3. The lowest BCUT2D eigenvalue weighted by Crippen LogP contribution is -2.52. The zero-order chi connectivity index (χ0) is 20.4. The fourth-order valence-electron chi connectivity index (χ4n) is 6.05. The van der Waals surface area contributed by atoms with E-state index in [0.717, 1.165) is 29.4 Å². The van der Waals surface area contributed by atoms with Crippen LogP contribution in [0.25, 0.3) is 10.9 Å². The van der Waals surface area contributed by atoms with E-state index in [9.17, 15) is 13.2 Å². The number of aromatic nitrogens is 1. The molecule has 2 bridgehead atoms. The number of ketones is 1. The standard InChI is InChI=1S/C22H29N3O3S/c1-21(2)17-6-8-22(21,19(26)14-17)15-29(27,28)25-12-10-24(11-13-25)18-5-3-4-16-7-9-23-20(16)18/h3-5,7,9,17,23H,6,8,10-15H2,1-2H3. The van der Waals surface area contributed by atoms with Crippen LogP contribution in [0.2, 0.25) is 0 Å². The Bertz CT molecular complexity index is 1070. The molecule has 1 saturated heterocycles. The predicted octanol–water partition coefficient (Wildman–Crippen LogP) is 3.02. The molecule has 0 spiro atoms. The molecule has 1 N–H and O–H groups in total. The molecule has 2 aliphatic carbocycles. The lowest BCUT2D eigenvalue weighted by atomic mass is 9.70. The van der Waals surface area contributed by atoms with Gasteiger partial charge in [0.15, 0.2) is 0 Å². The van der Waals surface area contributed by atoms with E-state index in [1.165, 1.54) is 0 Å². The van der Waals surface area contributed by atoms with Gasteiger partial charge in [0.25, 0.3) is 0 Å². The van der Waals surface area contributed by atoms with Crippen molar-refractivity contribution < 1.29 is 13.2 Å². The minimum atomic E-state index is -3.47. The largest absolute Gasteiger partial charge is 0.367 e. The summed E-state index contributed by atoms with van der Waals surface area (Å²) < 4.78 is 28.3. The fraction of sp³-hybridized carbons (Fsp3) is 0.591. The molecule has 29 heavy (non-hydrogen) atoms. The number of hydrogen-bond acceptors (Lipinski definition) is 4. The number of aromatic amines is 1. The Labute approximate surface area is 172 Å². The van der Waals surface area contributed by atoms with Crippen molar-refractivity contribution in [3.8, 4) is 0 Å². The number of nitrogens with one attached hydrogen (secondary N) is 1. The third-order valence-electron chi connectivity index (χ3n) is 8.11. The van der Waals surface area contributed by atoms with Gasteiger partial charge in [-0.1, -0.05) is 26.0 Å². The number of nitrogens with zero attached hydrogens (tertiary/aromatic N) is 2. The quantitative estimate of drug-likeness (QED) is 0.833. The summed E-state index contributed by atoms with van der Waals surface area (Å²) in [5.74, 6) is 0.483.